The number of ether oxygens (including phenoxy) is 1. The minimum absolute atomic E-state index is 0.0363. The van der Waals surface area contributed by atoms with E-state index in [0.717, 1.165) is 16.6 Å². The molecule has 1 heterocycles. The summed E-state index contributed by atoms with van der Waals surface area (Å²) in [5, 5.41) is 10.5. The molecule has 124 valence electrons. The van der Waals surface area contributed by atoms with Crippen LogP contribution in [-0.4, -0.2) is 30.8 Å². The van der Waals surface area contributed by atoms with E-state index in [1.54, 1.807) is 24.3 Å². The Balaban J connectivity index is 1.65. The summed E-state index contributed by atoms with van der Waals surface area (Å²) >= 11 is 0. The van der Waals surface area contributed by atoms with Crippen molar-refractivity contribution in [3.05, 3.63) is 53.6 Å². The third kappa shape index (κ3) is 3.51. The molecule has 1 N–H and O–H groups in total. The SMILES string of the molecule is CC(C)S(=O)c1ccc(C(=O)OCc2ccc3n[nH]nc3c2)cc1. The van der Waals surface area contributed by atoms with E-state index in [1.165, 1.54) is 0 Å². The second-order valence-electron chi connectivity index (χ2n) is 5.59. The minimum Gasteiger partial charge on any atom is -0.457 e. The molecular formula is C17H17N3O3S. The van der Waals surface area contributed by atoms with Crippen LogP contribution in [0.3, 0.4) is 0 Å². The van der Waals surface area contributed by atoms with Gasteiger partial charge in [-0.1, -0.05) is 19.9 Å². The maximum atomic E-state index is 12.1. The number of rotatable bonds is 5. The number of nitrogens with one attached hydrogen (secondary N) is 1. The lowest BCUT2D eigenvalue weighted by Gasteiger charge is -2.07. The molecule has 3 rings (SSSR count). The van der Waals surface area contributed by atoms with E-state index in [2.05, 4.69) is 15.4 Å². The van der Waals surface area contributed by atoms with Crippen LogP contribution in [0.5, 0.6) is 0 Å². The molecule has 1 atom stereocenters. The van der Waals surface area contributed by atoms with Crippen LogP contribution >= 0.6 is 0 Å². The third-order valence-corrected chi connectivity index (χ3v) is 5.09. The molecule has 0 spiro atoms. The van der Waals surface area contributed by atoms with Crippen molar-refractivity contribution in [2.45, 2.75) is 30.6 Å². The van der Waals surface area contributed by atoms with Crippen molar-refractivity contribution in [3.8, 4) is 0 Å². The molecule has 3 aromatic rings. The highest BCUT2D eigenvalue weighted by atomic mass is 32.2. The minimum atomic E-state index is -1.07. The Hall–Kier alpha value is -2.54. The van der Waals surface area contributed by atoms with E-state index >= 15 is 0 Å². The van der Waals surface area contributed by atoms with Gasteiger partial charge in [0.15, 0.2) is 0 Å². The number of carbonyl (C=O) groups excluding carboxylic acids is 1. The first-order valence-electron chi connectivity index (χ1n) is 7.52. The lowest BCUT2D eigenvalue weighted by atomic mass is 10.2. The second-order valence-corrected chi connectivity index (χ2v) is 7.60. The number of hydrogen-bond donors (Lipinski definition) is 1. The normalized spacial score (nSPS) is 12.5. The summed E-state index contributed by atoms with van der Waals surface area (Å²) in [6.07, 6.45) is 0. The van der Waals surface area contributed by atoms with Crippen molar-refractivity contribution < 1.29 is 13.7 Å². The molecule has 0 aliphatic heterocycles. The topological polar surface area (TPSA) is 84.9 Å². The summed E-state index contributed by atoms with van der Waals surface area (Å²) in [7, 11) is -1.07. The van der Waals surface area contributed by atoms with Gasteiger partial charge in [-0.05, 0) is 42.0 Å². The summed E-state index contributed by atoms with van der Waals surface area (Å²) < 4.78 is 17.3. The number of benzene rings is 2. The van der Waals surface area contributed by atoms with Crippen LogP contribution in [0.25, 0.3) is 11.0 Å². The average Bonchev–Trinajstić information content (AvgIpc) is 3.06. The molecule has 0 amide bonds. The van der Waals surface area contributed by atoms with Crippen molar-refractivity contribution in [1.29, 1.82) is 0 Å². The Morgan fingerprint density at radius 2 is 1.83 bits per heavy atom. The lowest BCUT2D eigenvalue weighted by molar-refractivity contribution is 0.0472. The molecule has 6 nitrogen and oxygen atoms in total. The van der Waals surface area contributed by atoms with Crippen LogP contribution in [-0.2, 0) is 22.1 Å². The summed E-state index contributed by atoms with van der Waals surface area (Å²) in [5.74, 6) is -0.419. The third-order valence-electron chi connectivity index (χ3n) is 3.50. The standard InChI is InChI=1S/C17H17N3O3S/c1-11(2)24(22)14-6-4-13(5-7-14)17(21)23-10-12-3-8-15-16(9-12)19-20-18-15/h3-9,11H,10H2,1-2H3,(H,18,19,20). The van der Waals surface area contributed by atoms with E-state index in [1.807, 2.05) is 32.0 Å². The van der Waals surface area contributed by atoms with E-state index in [9.17, 15) is 9.00 Å². The highest BCUT2D eigenvalue weighted by Crippen LogP contribution is 2.15. The molecule has 0 saturated heterocycles. The fourth-order valence-electron chi connectivity index (χ4n) is 2.21. The molecule has 0 aliphatic carbocycles. The van der Waals surface area contributed by atoms with E-state index < -0.39 is 16.8 Å². The monoisotopic (exact) mass is 343 g/mol. The molecule has 0 bridgehead atoms. The summed E-state index contributed by atoms with van der Waals surface area (Å²) in [5.41, 5.74) is 2.76. The van der Waals surface area contributed by atoms with Crippen molar-refractivity contribution in [1.82, 2.24) is 15.4 Å². The van der Waals surface area contributed by atoms with E-state index in [0.29, 0.717) is 10.5 Å². The first kappa shape index (κ1) is 16.3. The maximum absolute atomic E-state index is 12.1. The van der Waals surface area contributed by atoms with Gasteiger partial charge in [-0.15, -0.1) is 0 Å². The first-order valence-corrected chi connectivity index (χ1v) is 8.73. The number of aromatic nitrogens is 3. The molecule has 7 heteroatoms. The quantitative estimate of drug-likeness (QED) is 0.720. The second kappa shape index (κ2) is 6.92. The Morgan fingerprint density at radius 3 is 2.54 bits per heavy atom. The highest BCUT2D eigenvalue weighted by Gasteiger charge is 2.12. The zero-order valence-corrected chi connectivity index (χ0v) is 14.2. The Labute approximate surface area is 141 Å². The first-order chi connectivity index (χ1) is 11.5. The number of H-pyrrole nitrogens is 1. The number of fused-ring (bicyclic) bond motifs is 1. The number of carbonyl (C=O) groups is 1. The molecule has 0 radical (unpaired) electrons. The summed E-state index contributed by atoms with van der Waals surface area (Å²) in [4.78, 5) is 12.8. The molecule has 0 saturated carbocycles. The molecule has 1 unspecified atom stereocenters. The molecule has 0 aliphatic rings. The van der Waals surface area contributed by atoms with Gasteiger partial charge >= 0.3 is 5.97 Å². The van der Waals surface area contributed by atoms with Crippen LogP contribution in [0.2, 0.25) is 0 Å². The van der Waals surface area contributed by atoms with Crippen molar-refractivity contribution in [3.63, 3.8) is 0 Å². The molecule has 24 heavy (non-hydrogen) atoms. The van der Waals surface area contributed by atoms with Gasteiger partial charge in [-0.3, -0.25) is 4.21 Å². The van der Waals surface area contributed by atoms with Crippen LogP contribution in [0.4, 0.5) is 0 Å². The molecule has 2 aromatic carbocycles. The van der Waals surface area contributed by atoms with Crippen molar-refractivity contribution in [2.75, 3.05) is 0 Å². The maximum Gasteiger partial charge on any atom is 0.338 e. The van der Waals surface area contributed by atoms with Crippen molar-refractivity contribution >= 4 is 27.8 Å². The predicted octanol–water partition coefficient (Wildman–Crippen LogP) is 2.83. The Bertz CT molecular complexity index is 887. The molecular weight excluding hydrogens is 326 g/mol. The number of hydrogen-bond acceptors (Lipinski definition) is 5. The summed E-state index contributed by atoms with van der Waals surface area (Å²) in [6, 6.07) is 12.2. The van der Waals surface area contributed by atoms with Gasteiger partial charge < -0.3 is 4.74 Å². The molecule has 1 aromatic heterocycles. The predicted molar refractivity (Wildman–Crippen MR) is 91.0 cm³/mol. The fraction of sp³-hybridized carbons (Fsp3) is 0.235. The Morgan fingerprint density at radius 1 is 1.12 bits per heavy atom. The number of nitrogens with zero attached hydrogens (tertiary/aromatic N) is 2. The van der Waals surface area contributed by atoms with Crippen LogP contribution < -0.4 is 0 Å². The summed E-state index contributed by atoms with van der Waals surface area (Å²) in [6.45, 7) is 3.94. The van der Waals surface area contributed by atoms with Crippen LogP contribution in [0.1, 0.15) is 29.8 Å². The van der Waals surface area contributed by atoms with Gasteiger partial charge in [0.2, 0.25) is 0 Å². The van der Waals surface area contributed by atoms with Gasteiger partial charge in [0.25, 0.3) is 0 Å². The largest absolute Gasteiger partial charge is 0.457 e. The van der Waals surface area contributed by atoms with E-state index in [-0.39, 0.29) is 11.9 Å². The van der Waals surface area contributed by atoms with Crippen LogP contribution in [0.15, 0.2) is 47.4 Å². The van der Waals surface area contributed by atoms with Crippen LogP contribution in [0, 0.1) is 0 Å². The zero-order chi connectivity index (χ0) is 17.1. The van der Waals surface area contributed by atoms with E-state index in [4.69, 9.17) is 4.74 Å². The van der Waals surface area contributed by atoms with Gasteiger partial charge in [0, 0.05) is 10.1 Å². The van der Waals surface area contributed by atoms with Gasteiger partial charge in [0.05, 0.1) is 16.4 Å². The zero-order valence-electron chi connectivity index (χ0n) is 13.4. The number of esters is 1. The lowest BCUT2D eigenvalue weighted by Crippen LogP contribution is -2.08. The van der Waals surface area contributed by atoms with Gasteiger partial charge in [0.1, 0.15) is 17.6 Å². The van der Waals surface area contributed by atoms with Crippen molar-refractivity contribution in [2.24, 2.45) is 0 Å². The Kier molecular flexibility index (Phi) is 4.71. The average molecular weight is 343 g/mol. The molecule has 0 fully saturated rings. The van der Waals surface area contributed by atoms with Gasteiger partial charge in [-0.25, -0.2) is 4.79 Å². The number of aromatic amines is 1. The fourth-order valence-corrected chi connectivity index (χ4v) is 3.15. The highest BCUT2D eigenvalue weighted by molar-refractivity contribution is 7.85. The smallest absolute Gasteiger partial charge is 0.338 e. The van der Waals surface area contributed by atoms with Gasteiger partial charge in [-0.2, -0.15) is 15.4 Å².